The van der Waals surface area contributed by atoms with Crippen LogP contribution in [-0.4, -0.2) is 21.8 Å². The lowest BCUT2D eigenvalue weighted by Gasteiger charge is -2.21. The first-order valence-electron chi connectivity index (χ1n) is 7.45. The van der Waals surface area contributed by atoms with Gasteiger partial charge in [0.25, 0.3) is 0 Å². The number of nitrogens with one attached hydrogen (secondary N) is 1. The van der Waals surface area contributed by atoms with Crippen LogP contribution in [0.2, 0.25) is 0 Å². The maximum absolute atomic E-state index is 9.77. The van der Waals surface area contributed by atoms with E-state index in [9.17, 15) is 5.11 Å². The summed E-state index contributed by atoms with van der Waals surface area (Å²) in [6.45, 7) is 12.3. The Hall–Kier alpha value is -0.800. The van der Waals surface area contributed by atoms with Crippen molar-refractivity contribution in [3.05, 3.63) is 24.0 Å². The molecular weight excluding hydrogens is 236 g/mol. The Morgan fingerprint density at radius 3 is 2.58 bits per heavy atom. The average Bonchev–Trinajstić information content (AvgIpc) is 2.74. The molecule has 0 fully saturated rings. The SMILES string of the molecule is CCCNC(c1ccn(CCC(C)(C)O)c1)C(C)C. The largest absolute Gasteiger partial charge is 0.390 e. The zero-order chi connectivity index (χ0) is 14.5. The van der Waals surface area contributed by atoms with Gasteiger partial charge < -0.3 is 15.0 Å². The first kappa shape index (κ1) is 16.3. The summed E-state index contributed by atoms with van der Waals surface area (Å²) in [6.07, 6.45) is 6.25. The van der Waals surface area contributed by atoms with Crippen molar-refractivity contribution in [1.82, 2.24) is 9.88 Å². The normalized spacial score (nSPS) is 14.1. The molecule has 1 rings (SSSR count). The van der Waals surface area contributed by atoms with E-state index in [4.69, 9.17) is 0 Å². The predicted octanol–water partition coefficient (Wildman–Crippen LogP) is 3.35. The molecule has 3 nitrogen and oxygen atoms in total. The van der Waals surface area contributed by atoms with Crippen LogP contribution in [-0.2, 0) is 6.54 Å². The van der Waals surface area contributed by atoms with Crippen LogP contribution in [0, 0.1) is 5.92 Å². The van der Waals surface area contributed by atoms with Crippen LogP contribution in [0.15, 0.2) is 18.5 Å². The van der Waals surface area contributed by atoms with Gasteiger partial charge in [-0.25, -0.2) is 0 Å². The summed E-state index contributed by atoms with van der Waals surface area (Å²) in [6, 6.07) is 2.61. The van der Waals surface area contributed by atoms with Crippen LogP contribution in [0.1, 0.15) is 59.1 Å². The number of hydrogen-bond donors (Lipinski definition) is 2. The smallest absolute Gasteiger partial charge is 0.0608 e. The van der Waals surface area contributed by atoms with Crippen molar-refractivity contribution in [2.75, 3.05) is 6.54 Å². The van der Waals surface area contributed by atoms with E-state index >= 15 is 0 Å². The molecule has 0 aliphatic rings. The summed E-state index contributed by atoms with van der Waals surface area (Å²) in [4.78, 5) is 0. The van der Waals surface area contributed by atoms with E-state index < -0.39 is 5.60 Å². The molecule has 1 heterocycles. The summed E-state index contributed by atoms with van der Waals surface area (Å²) in [7, 11) is 0. The fourth-order valence-corrected chi connectivity index (χ4v) is 2.22. The van der Waals surface area contributed by atoms with E-state index in [0.717, 1.165) is 25.9 Å². The van der Waals surface area contributed by atoms with Crippen molar-refractivity contribution >= 4 is 0 Å². The van der Waals surface area contributed by atoms with Crippen molar-refractivity contribution < 1.29 is 5.11 Å². The van der Waals surface area contributed by atoms with E-state index in [2.05, 4.69) is 49.1 Å². The number of rotatable bonds is 8. The molecule has 1 unspecified atom stereocenters. The van der Waals surface area contributed by atoms with Gasteiger partial charge in [0.2, 0.25) is 0 Å². The third-order valence-corrected chi connectivity index (χ3v) is 3.40. The van der Waals surface area contributed by atoms with E-state index in [1.165, 1.54) is 5.56 Å². The second kappa shape index (κ2) is 7.11. The van der Waals surface area contributed by atoms with Crippen LogP contribution < -0.4 is 5.32 Å². The quantitative estimate of drug-likeness (QED) is 0.757. The lowest BCUT2D eigenvalue weighted by atomic mass is 9.98. The third kappa shape index (κ3) is 5.79. The number of nitrogens with zero attached hydrogens (tertiary/aromatic N) is 1. The molecule has 1 aromatic heterocycles. The predicted molar refractivity (Wildman–Crippen MR) is 81.2 cm³/mol. The van der Waals surface area contributed by atoms with E-state index in [0.29, 0.717) is 12.0 Å². The molecule has 110 valence electrons. The van der Waals surface area contributed by atoms with E-state index in [1.807, 2.05) is 13.8 Å². The Morgan fingerprint density at radius 2 is 2.05 bits per heavy atom. The van der Waals surface area contributed by atoms with Gasteiger partial charge in [-0.2, -0.15) is 0 Å². The second-order valence-corrected chi connectivity index (χ2v) is 6.42. The zero-order valence-electron chi connectivity index (χ0n) is 13.1. The van der Waals surface area contributed by atoms with Crippen LogP contribution in [0.25, 0.3) is 0 Å². The van der Waals surface area contributed by atoms with Gasteiger partial charge in [-0.15, -0.1) is 0 Å². The molecule has 0 aliphatic carbocycles. The van der Waals surface area contributed by atoms with Crippen molar-refractivity contribution in [3.8, 4) is 0 Å². The summed E-state index contributed by atoms with van der Waals surface area (Å²) in [5.74, 6) is 0.580. The fraction of sp³-hybridized carbons (Fsp3) is 0.750. The maximum atomic E-state index is 9.77. The van der Waals surface area contributed by atoms with Crippen LogP contribution >= 0.6 is 0 Å². The summed E-state index contributed by atoms with van der Waals surface area (Å²) >= 11 is 0. The third-order valence-electron chi connectivity index (χ3n) is 3.40. The van der Waals surface area contributed by atoms with Gasteiger partial charge in [-0.3, -0.25) is 0 Å². The highest BCUT2D eigenvalue weighted by Crippen LogP contribution is 2.22. The molecule has 3 heteroatoms. The van der Waals surface area contributed by atoms with Gasteiger partial charge in [0.1, 0.15) is 0 Å². The Kier molecular flexibility index (Phi) is 6.08. The number of aryl methyl sites for hydroxylation is 1. The van der Waals surface area contributed by atoms with Crippen molar-refractivity contribution in [1.29, 1.82) is 0 Å². The molecule has 19 heavy (non-hydrogen) atoms. The number of aromatic nitrogens is 1. The van der Waals surface area contributed by atoms with Gasteiger partial charge >= 0.3 is 0 Å². The Balaban J connectivity index is 2.65. The van der Waals surface area contributed by atoms with Gasteiger partial charge in [0.15, 0.2) is 0 Å². The Labute approximate surface area is 118 Å². The van der Waals surface area contributed by atoms with Crippen LogP contribution in [0.3, 0.4) is 0 Å². The molecule has 1 atom stereocenters. The summed E-state index contributed by atoms with van der Waals surface area (Å²) < 4.78 is 2.18. The highest BCUT2D eigenvalue weighted by Gasteiger charge is 2.17. The maximum Gasteiger partial charge on any atom is 0.0608 e. The second-order valence-electron chi connectivity index (χ2n) is 6.42. The molecular formula is C16H30N2O. The first-order valence-corrected chi connectivity index (χ1v) is 7.45. The Bertz CT molecular complexity index is 363. The summed E-state index contributed by atoms with van der Waals surface area (Å²) in [5, 5.41) is 13.4. The van der Waals surface area contributed by atoms with Crippen LogP contribution in [0.5, 0.6) is 0 Å². The van der Waals surface area contributed by atoms with Gasteiger partial charge in [-0.1, -0.05) is 20.8 Å². The lowest BCUT2D eigenvalue weighted by molar-refractivity contribution is 0.0662. The average molecular weight is 266 g/mol. The molecule has 0 spiro atoms. The topological polar surface area (TPSA) is 37.2 Å². The molecule has 0 saturated carbocycles. The van der Waals surface area contributed by atoms with Crippen molar-refractivity contribution in [2.45, 2.75) is 65.6 Å². The molecule has 0 saturated heterocycles. The van der Waals surface area contributed by atoms with Gasteiger partial charge in [0.05, 0.1) is 5.60 Å². The lowest BCUT2D eigenvalue weighted by Crippen LogP contribution is -2.26. The minimum absolute atomic E-state index is 0.420. The summed E-state index contributed by atoms with van der Waals surface area (Å²) in [5.41, 5.74) is 0.752. The molecule has 2 N–H and O–H groups in total. The highest BCUT2D eigenvalue weighted by molar-refractivity contribution is 5.16. The van der Waals surface area contributed by atoms with E-state index in [-0.39, 0.29) is 0 Å². The minimum Gasteiger partial charge on any atom is -0.390 e. The molecule has 0 bridgehead atoms. The van der Waals surface area contributed by atoms with Crippen molar-refractivity contribution in [2.24, 2.45) is 5.92 Å². The standard InChI is InChI=1S/C16H30N2O/c1-6-9-17-15(13(2)3)14-7-10-18(12-14)11-8-16(4,5)19/h7,10,12-13,15,17,19H,6,8-9,11H2,1-5H3. The Morgan fingerprint density at radius 1 is 1.37 bits per heavy atom. The first-order chi connectivity index (χ1) is 8.83. The highest BCUT2D eigenvalue weighted by atomic mass is 16.3. The zero-order valence-corrected chi connectivity index (χ0v) is 13.1. The van der Waals surface area contributed by atoms with E-state index in [1.54, 1.807) is 0 Å². The molecule has 0 aromatic carbocycles. The van der Waals surface area contributed by atoms with Crippen LogP contribution in [0.4, 0.5) is 0 Å². The fourth-order valence-electron chi connectivity index (χ4n) is 2.22. The molecule has 0 aliphatic heterocycles. The molecule has 0 radical (unpaired) electrons. The minimum atomic E-state index is -0.595. The molecule has 1 aromatic rings. The molecule has 0 amide bonds. The monoisotopic (exact) mass is 266 g/mol. The number of aliphatic hydroxyl groups is 1. The van der Waals surface area contributed by atoms with Crippen molar-refractivity contribution in [3.63, 3.8) is 0 Å². The number of hydrogen-bond acceptors (Lipinski definition) is 2. The van der Waals surface area contributed by atoms with Gasteiger partial charge in [0, 0.05) is 25.0 Å². The van der Waals surface area contributed by atoms with Gasteiger partial charge in [-0.05, 0) is 50.8 Å².